The molecule has 0 saturated heterocycles. The number of carbonyl (C=O) groups excluding carboxylic acids is 2. The van der Waals surface area contributed by atoms with E-state index in [9.17, 15) is 9.59 Å². The molecule has 0 amide bonds. The fourth-order valence-corrected chi connectivity index (χ4v) is 9.37. The van der Waals surface area contributed by atoms with Crippen LogP contribution in [-0.2, 0) is 14.3 Å². The van der Waals surface area contributed by atoms with Gasteiger partial charge in [0.05, 0.1) is 0 Å². The zero-order valence-electron chi connectivity index (χ0n) is 23.0. The van der Waals surface area contributed by atoms with E-state index in [4.69, 9.17) is 4.74 Å². The third-order valence-electron chi connectivity index (χ3n) is 11.5. The summed E-state index contributed by atoms with van der Waals surface area (Å²) in [6.45, 7) is 16.1. The quantitative estimate of drug-likeness (QED) is 0.357. The Hall–Kier alpha value is -1.12. The van der Waals surface area contributed by atoms with Crippen molar-refractivity contribution in [2.75, 3.05) is 0 Å². The molecule has 192 valence electrons. The van der Waals surface area contributed by atoms with E-state index < -0.39 is 0 Å². The molecule has 34 heavy (non-hydrogen) atoms. The number of rotatable bonds is 7. The van der Waals surface area contributed by atoms with Crippen molar-refractivity contribution in [1.29, 1.82) is 0 Å². The highest BCUT2D eigenvalue weighted by Crippen LogP contribution is 2.66. The molecule has 0 aromatic rings. The molecular weight excluding hydrogens is 420 g/mol. The maximum absolute atomic E-state index is 13.7. The molecule has 3 saturated carbocycles. The van der Waals surface area contributed by atoms with Crippen LogP contribution < -0.4 is 0 Å². The summed E-state index contributed by atoms with van der Waals surface area (Å²) in [6.07, 6.45) is 13.7. The maximum atomic E-state index is 13.7. The fraction of sp³-hybridized carbons (Fsp3) is 0.871. The number of hydrogen-bond acceptors (Lipinski definition) is 3. The van der Waals surface area contributed by atoms with Crippen molar-refractivity contribution in [3.8, 4) is 0 Å². The summed E-state index contributed by atoms with van der Waals surface area (Å²) < 4.78 is 5.55. The molecular formula is C31H50O3. The standard InChI is InChI=1S/C31H50O3/c1-8-22(19(2)3)10-9-20(4)25-11-12-26-29-27(14-16-31(25,26)7)30(6)15-13-24(34-21(5)32)17-23(30)18-28(29)33/h18-20,22,24-27,29H,8-17H2,1-7H3. The first-order valence-corrected chi connectivity index (χ1v) is 14.4. The Kier molecular flexibility index (Phi) is 7.43. The minimum Gasteiger partial charge on any atom is -0.462 e. The molecule has 0 aromatic heterocycles. The third kappa shape index (κ3) is 4.43. The van der Waals surface area contributed by atoms with E-state index in [0.717, 1.165) is 42.9 Å². The van der Waals surface area contributed by atoms with Gasteiger partial charge >= 0.3 is 5.97 Å². The molecule has 9 atom stereocenters. The first kappa shape index (κ1) is 26.0. The van der Waals surface area contributed by atoms with Crippen molar-refractivity contribution >= 4 is 11.8 Å². The molecule has 0 heterocycles. The van der Waals surface area contributed by atoms with Crippen LogP contribution in [-0.4, -0.2) is 17.9 Å². The summed E-state index contributed by atoms with van der Waals surface area (Å²) in [5.41, 5.74) is 1.68. The van der Waals surface area contributed by atoms with Gasteiger partial charge in [0.2, 0.25) is 0 Å². The minimum absolute atomic E-state index is 0.0514. The second-order valence-electron chi connectivity index (χ2n) is 13.4. The van der Waals surface area contributed by atoms with Crippen LogP contribution in [0.2, 0.25) is 0 Å². The summed E-state index contributed by atoms with van der Waals surface area (Å²) >= 11 is 0. The van der Waals surface area contributed by atoms with Gasteiger partial charge in [0, 0.05) is 19.3 Å². The number of fused-ring (bicyclic) bond motifs is 5. The van der Waals surface area contributed by atoms with Crippen LogP contribution in [0.15, 0.2) is 11.6 Å². The van der Waals surface area contributed by atoms with Gasteiger partial charge in [-0.15, -0.1) is 0 Å². The maximum Gasteiger partial charge on any atom is 0.302 e. The van der Waals surface area contributed by atoms with E-state index in [1.54, 1.807) is 0 Å². The van der Waals surface area contributed by atoms with Gasteiger partial charge in [-0.3, -0.25) is 9.59 Å². The molecule has 0 bridgehead atoms. The van der Waals surface area contributed by atoms with Crippen molar-refractivity contribution in [2.45, 2.75) is 119 Å². The SMILES string of the molecule is CCC(CCC(C)C1CCC2C3C(=O)C=C4CC(OC(C)=O)CCC4(C)C3CCC12C)C(C)C. The predicted octanol–water partition coefficient (Wildman–Crippen LogP) is 7.77. The van der Waals surface area contributed by atoms with Gasteiger partial charge in [0.15, 0.2) is 5.78 Å². The molecule has 0 spiro atoms. The van der Waals surface area contributed by atoms with Gasteiger partial charge in [-0.2, -0.15) is 0 Å². The smallest absolute Gasteiger partial charge is 0.302 e. The van der Waals surface area contributed by atoms with Crippen molar-refractivity contribution in [3.63, 3.8) is 0 Å². The Morgan fingerprint density at radius 2 is 1.79 bits per heavy atom. The van der Waals surface area contributed by atoms with Crippen LogP contribution in [0.3, 0.4) is 0 Å². The molecule has 9 unspecified atom stereocenters. The highest BCUT2D eigenvalue weighted by atomic mass is 16.5. The molecule has 4 aliphatic rings. The van der Waals surface area contributed by atoms with E-state index in [-0.39, 0.29) is 23.4 Å². The predicted molar refractivity (Wildman–Crippen MR) is 138 cm³/mol. The molecule has 4 rings (SSSR count). The summed E-state index contributed by atoms with van der Waals surface area (Å²) in [4.78, 5) is 25.2. The van der Waals surface area contributed by atoms with Crippen LogP contribution >= 0.6 is 0 Å². The molecule has 0 radical (unpaired) electrons. The van der Waals surface area contributed by atoms with E-state index in [1.807, 2.05) is 6.08 Å². The third-order valence-corrected chi connectivity index (χ3v) is 11.5. The fourth-order valence-electron chi connectivity index (χ4n) is 9.37. The summed E-state index contributed by atoms with van der Waals surface area (Å²) in [7, 11) is 0. The summed E-state index contributed by atoms with van der Waals surface area (Å²) in [6, 6.07) is 0. The minimum atomic E-state index is -0.201. The lowest BCUT2D eigenvalue weighted by molar-refractivity contribution is -0.149. The first-order chi connectivity index (χ1) is 16.0. The van der Waals surface area contributed by atoms with E-state index in [0.29, 0.717) is 23.0 Å². The van der Waals surface area contributed by atoms with Gasteiger partial charge in [-0.05, 0) is 97.4 Å². The molecule has 3 fully saturated rings. The average Bonchev–Trinajstić information content (AvgIpc) is 3.11. The molecule has 0 N–H and O–H groups in total. The van der Waals surface area contributed by atoms with Gasteiger partial charge < -0.3 is 4.74 Å². The highest BCUT2D eigenvalue weighted by molar-refractivity contribution is 5.94. The van der Waals surface area contributed by atoms with Crippen LogP contribution in [0.4, 0.5) is 0 Å². The van der Waals surface area contributed by atoms with Gasteiger partial charge in [0.25, 0.3) is 0 Å². The number of hydrogen-bond donors (Lipinski definition) is 0. The van der Waals surface area contributed by atoms with Crippen molar-refractivity contribution in [3.05, 3.63) is 11.6 Å². The molecule has 3 nitrogen and oxygen atoms in total. The molecule has 4 aliphatic carbocycles. The van der Waals surface area contributed by atoms with Crippen molar-refractivity contribution < 1.29 is 14.3 Å². The van der Waals surface area contributed by atoms with Crippen LogP contribution in [0, 0.1) is 52.3 Å². The lowest BCUT2D eigenvalue weighted by Crippen LogP contribution is -2.53. The average molecular weight is 471 g/mol. The molecule has 0 aromatic carbocycles. The summed E-state index contributed by atoms with van der Waals surface area (Å²) in [5.74, 6) is 4.52. The van der Waals surface area contributed by atoms with Gasteiger partial charge in [0.1, 0.15) is 6.10 Å². The van der Waals surface area contributed by atoms with Gasteiger partial charge in [-0.25, -0.2) is 0 Å². The topological polar surface area (TPSA) is 43.4 Å². The van der Waals surface area contributed by atoms with Crippen LogP contribution in [0.1, 0.15) is 113 Å². The van der Waals surface area contributed by atoms with E-state index in [1.165, 1.54) is 57.4 Å². The highest BCUT2D eigenvalue weighted by Gasteiger charge is 2.61. The van der Waals surface area contributed by atoms with Crippen LogP contribution in [0.5, 0.6) is 0 Å². The molecule has 0 aliphatic heterocycles. The number of esters is 1. The monoisotopic (exact) mass is 470 g/mol. The van der Waals surface area contributed by atoms with E-state index >= 15 is 0 Å². The van der Waals surface area contributed by atoms with Crippen molar-refractivity contribution in [1.82, 2.24) is 0 Å². The largest absolute Gasteiger partial charge is 0.462 e. The normalized spacial score (nSPS) is 41.2. The second kappa shape index (κ2) is 9.74. The lowest BCUT2D eigenvalue weighted by atomic mass is 9.46. The Labute approximate surface area is 208 Å². The number of ether oxygens (including phenoxy) is 1. The van der Waals surface area contributed by atoms with E-state index in [2.05, 4.69) is 41.5 Å². The lowest BCUT2D eigenvalue weighted by Gasteiger charge is -2.57. The second-order valence-corrected chi connectivity index (χ2v) is 13.4. The number of carbonyl (C=O) groups is 2. The van der Waals surface area contributed by atoms with Crippen LogP contribution in [0.25, 0.3) is 0 Å². The van der Waals surface area contributed by atoms with Crippen molar-refractivity contribution in [2.24, 2.45) is 52.3 Å². The first-order valence-electron chi connectivity index (χ1n) is 14.4. The zero-order valence-corrected chi connectivity index (χ0v) is 23.0. The molecule has 3 heteroatoms. The Morgan fingerprint density at radius 1 is 1.06 bits per heavy atom. The number of ketones is 1. The van der Waals surface area contributed by atoms with Gasteiger partial charge in [-0.1, -0.05) is 60.0 Å². The Balaban J connectivity index is 1.51. The number of allylic oxidation sites excluding steroid dienone is 1. The zero-order chi connectivity index (χ0) is 24.8. The Bertz CT molecular complexity index is 811. The summed E-state index contributed by atoms with van der Waals surface area (Å²) in [5, 5.41) is 0. The Morgan fingerprint density at radius 3 is 2.44 bits per heavy atom.